The summed E-state index contributed by atoms with van der Waals surface area (Å²) in [5, 5.41) is 5.68. The molecule has 142 valence electrons. The topological polar surface area (TPSA) is 89.3 Å². The van der Waals surface area contributed by atoms with E-state index in [9.17, 15) is 22.4 Å². The molecule has 0 radical (unpaired) electrons. The van der Waals surface area contributed by atoms with E-state index in [1.54, 1.807) is 13.8 Å². The number of hydrogen-bond donors (Lipinski definition) is 2. The predicted octanol–water partition coefficient (Wildman–Crippen LogP) is 2.55. The van der Waals surface area contributed by atoms with Crippen molar-refractivity contribution in [2.45, 2.75) is 26.1 Å². The van der Waals surface area contributed by atoms with Crippen LogP contribution in [0.4, 0.5) is 17.6 Å². The Hall–Kier alpha value is -2.53. The number of hydrogen-bond acceptors (Lipinski definition) is 6. The van der Waals surface area contributed by atoms with Crippen molar-refractivity contribution in [2.24, 2.45) is 0 Å². The number of aromatic nitrogens is 2. The van der Waals surface area contributed by atoms with Crippen LogP contribution in [0.15, 0.2) is 22.7 Å². The van der Waals surface area contributed by atoms with Crippen LogP contribution < -0.4 is 10.8 Å². The molecule has 7 nitrogen and oxygen atoms in total. The van der Waals surface area contributed by atoms with Gasteiger partial charge in [0.25, 0.3) is 5.91 Å². The van der Waals surface area contributed by atoms with E-state index >= 15 is 0 Å². The molecule has 1 atom stereocenters. The number of nitrogens with one attached hydrogen (secondary N) is 2. The minimum absolute atomic E-state index is 0.00519. The molecule has 2 N–H and O–H groups in total. The zero-order valence-electron chi connectivity index (χ0n) is 13.9. The van der Waals surface area contributed by atoms with Gasteiger partial charge in [-0.1, -0.05) is 5.16 Å². The standard InChI is InChI=1S/C15H16F4N4O3/c1-3-25-22-8(2)7-20-13(24)9-4-5-10(11(16)6-9)12-21-14(26-23-12)15(17,18)19/h4-6,8,22H,3,7H2,1-2H3,(H,20,24). The summed E-state index contributed by atoms with van der Waals surface area (Å²) in [6.45, 7) is 4.25. The first kappa shape index (κ1) is 19.8. The first-order valence-electron chi connectivity index (χ1n) is 7.58. The Morgan fingerprint density at radius 1 is 1.38 bits per heavy atom. The number of nitrogens with zero attached hydrogens (tertiary/aromatic N) is 2. The molecule has 1 heterocycles. The highest BCUT2D eigenvalue weighted by Gasteiger charge is 2.38. The van der Waals surface area contributed by atoms with Gasteiger partial charge in [0.15, 0.2) is 0 Å². The lowest BCUT2D eigenvalue weighted by atomic mass is 10.1. The zero-order valence-corrected chi connectivity index (χ0v) is 13.9. The predicted molar refractivity (Wildman–Crippen MR) is 81.3 cm³/mol. The largest absolute Gasteiger partial charge is 0.471 e. The lowest BCUT2D eigenvalue weighted by Crippen LogP contribution is -2.39. The van der Waals surface area contributed by atoms with E-state index in [2.05, 4.69) is 25.5 Å². The van der Waals surface area contributed by atoms with Crippen molar-refractivity contribution in [3.8, 4) is 11.4 Å². The Labute approximate surface area is 145 Å². The lowest BCUT2D eigenvalue weighted by Gasteiger charge is -2.14. The van der Waals surface area contributed by atoms with E-state index in [1.165, 1.54) is 6.07 Å². The van der Waals surface area contributed by atoms with Crippen molar-refractivity contribution in [2.75, 3.05) is 13.2 Å². The molecule has 0 bridgehead atoms. The second kappa shape index (κ2) is 8.23. The molecule has 11 heteroatoms. The van der Waals surface area contributed by atoms with Crippen LogP contribution in [0.2, 0.25) is 0 Å². The molecule has 2 rings (SSSR count). The van der Waals surface area contributed by atoms with Gasteiger partial charge >= 0.3 is 12.1 Å². The summed E-state index contributed by atoms with van der Waals surface area (Å²) in [5.41, 5.74) is 2.37. The summed E-state index contributed by atoms with van der Waals surface area (Å²) < 4.78 is 55.6. The molecule has 0 aliphatic heterocycles. The Morgan fingerprint density at radius 2 is 2.12 bits per heavy atom. The van der Waals surface area contributed by atoms with Gasteiger partial charge in [0.05, 0.1) is 12.2 Å². The van der Waals surface area contributed by atoms with Crippen LogP contribution in [0, 0.1) is 5.82 Å². The smallest absolute Gasteiger partial charge is 0.350 e. The molecule has 1 aromatic carbocycles. The van der Waals surface area contributed by atoms with E-state index in [1.807, 2.05) is 0 Å². The number of carbonyl (C=O) groups excluding carboxylic acids is 1. The quantitative estimate of drug-likeness (QED) is 0.570. The van der Waals surface area contributed by atoms with Gasteiger partial charge in [-0.3, -0.25) is 4.79 Å². The maximum atomic E-state index is 14.2. The lowest BCUT2D eigenvalue weighted by molar-refractivity contribution is -0.159. The second-order valence-corrected chi connectivity index (χ2v) is 5.28. The van der Waals surface area contributed by atoms with Gasteiger partial charge in [-0.05, 0) is 32.0 Å². The summed E-state index contributed by atoms with van der Waals surface area (Å²) in [4.78, 5) is 20.1. The fraction of sp³-hybridized carbons (Fsp3) is 0.400. The van der Waals surface area contributed by atoms with E-state index in [0.29, 0.717) is 6.61 Å². The Kier molecular flexibility index (Phi) is 6.27. The van der Waals surface area contributed by atoms with Gasteiger partial charge in [0.2, 0.25) is 5.82 Å². The molecule has 1 unspecified atom stereocenters. The number of amides is 1. The maximum absolute atomic E-state index is 14.2. The third-order valence-corrected chi connectivity index (χ3v) is 3.14. The van der Waals surface area contributed by atoms with E-state index < -0.39 is 29.6 Å². The molecule has 1 aromatic heterocycles. The minimum Gasteiger partial charge on any atom is -0.350 e. The van der Waals surface area contributed by atoms with Crippen molar-refractivity contribution in [3.63, 3.8) is 0 Å². The average molecular weight is 376 g/mol. The molecule has 2 aromatic rings. The van der Waals surface area contributed by atoms with Crippen LogP contribution in [0.5, 0.6) is 0 Å². The van der Waals surface area contributed by atoms with E-state index in [0.717, 1.165) is 12.1 Å². The monoisotopic (exact) mass is 376 g/mol. The molecule has 0 saturated heterocycles. The third-order valence-electron chi connectivity index (χ3n) is 3.14. The van der Waals surface area contributed by atoms with Gasteiger partial charge in [-0.15, -0.1) is 0 Å². The van der Waals surface area contributed by atoms with Crippen LogP contribution in [0.25, 0.3) is 11.4 Å². The van der Waals surface area contributed by atoms with Gasteiger partial charge in [0.1, 0.15) is 5.82 Å². The van der Waals surface area contributed by atoms with Crippen molar-refractivity contribution in [1.29, 1.82) is 0 Å². The second-order valence-electron chi connectivity index (χ2n) is 5.28. The number of alkyl halides is 3. The normalized spacial score (nSPS) is 12.8. The minimum atomic E-state index is -4.83. The fourth-order valence-electron chi connectivity index (χ4n) is 1.90. The highest BCUT2D eigenvalue weighted by molar-refractivity contribution is 5.94. The highest BCUT2D eigenvalue weighted by atomic mass is 19.4. The maximum Gasteiger partial charge on any atom is 0.471 e. The Balaban J connectivity index is 2.07. The summed E-state index contributed by atoms with van der Waals surface area (Å²) in [7, 11) is 0. The molecule has 0 spiro atoms. The van der Waals surface area contributed by atoms with E-state index in [4.69, 9.17) is 4.84 Å². The number of rotatable bonds is 7. The molecular weight excluding hydrogens is 360 g/mol. The molecular formula is C15H16F4N4O3. The van der Waals surface area contributed by atoms with Crippen molar-refractivity contribution in [3.05, 3.63) is 35.5 Å². The van der Waals surface area contributed by atoms with Crippen LogP contribution >= 0.6 is 0 Å². The van der Waals surface area contributed by atoms with Crippen LogP contribution in [-0.4, -0.2) is 35.2 Å². The summed E-state index contributed by atoms with van der Waals surface area (Å²) >= 11 is 0. The van der Waals surface area contributed by atoms with Crippen molar-refractivity contribution in [1.82, 2.24) is 20.9 Å². The van der Waals surface area contributed by atoms with Crippen LogP contribution in [0.3, 0.4) is 0 Å². The molecule has 26 heavy (non-hydrogen) atoms. The van der Waals surface area contributed by atoms with E-state index in [-0.39, 0.29) is 23.7 Å². The van der Waals surface area contributed by atoms with Gasteiger partial charge < -0.3 is 14.7 Å². The van der Waals surface area contributed by atoms with Gasteiger partial charge in [-0.25, -0.2) is 4.39 Å². The zero-order chi connectivity index (χ0) is 19.3. The Morgan fingerprint density at radius 3 is 2.69 bits per heavy atom. The van der Waals surface area contributed by atoms with Crippen molar-refractivity contribution >= 4 is 5.91 Å². The molecule has 1 amide bonds. The highest BCUT2D eigenvalue weighted by Crippen LogP contribution is 2.30. The summed E-state index contributed by atoms with van der Waals surface area (Å²) in [6, 6.07) is 3.06. The Bertz CT molecular complexity index is 764. The fourth-order valence-corrected chi connectivity index (χ4v) is 1.90. The molecule has 0 saturated carbocycles. The molecule has 0 fully saturated rings. The SMILES string of the molecule is CCONC(C)CNC(=O)c1ccc(-c2noc(C(F)(F)F)n2)c(F)c1. The number of hydroxylamine groups is 1. The number of carbonyl (C=O) groups is 1. The summed E-state index contributed by atoms with van der Waals surface area (Å²) in [5.74, 6) is -3.64. The first-order valence-corrected chi connectivity index (χ1v) is 7.58. The van der Waals surface area contributed by atoms with Crippen molar-refractivity contribution < 1.29 is 31.7 Å². The number of halogens is 4. The van der Waals surface area contributed by atoms with Crippen LogP contribution in [0.1, 0.15) is 30.1 Å². The first-order chi connectivity index (χ1) is 12.2. The summed E-state index contributed by atoms with van der Waals surface area (Å²) in [6.07, 6.45) is -4.83. The molecule has 0 aliphatic rings. The molecule has 0 aliphatic carbocycles. The number of benzene rings is 1. The third kappa shape index (κ3) is 4.99. The van der Waals surface area contributed by atoms with Crippen LogP contribution in [-0.2, 0) is 11.0 Å². The average Bonchev–Trinajstić information content (AvgIpc) is 3.07. The van der Waals surface area contributed by atoms with Gasteiger partial charge in [-0.2, -0.15) is 23.6 Å². The van der Waals surface area contributed by atoms with Gasteiger partial charge in [0, 0.05) is 18.2 Å².